The largest absolute Gasteiger partial charge is 0.207 e. The first-order chi connectivity index (χ1) is 10.8. The van der Waals surface area contributed by atoms with Gasteiger partial charge in [-0.2, -0.15) is 0 Å². The Morgan fingerprint density at radius 3 is 2.36 bits per heavy atom. The van der Waals surface area contributed by atoms with Crippen LogP contribution in [0.5, 0.6) is 0 Å². The van der Waals surface area contributed by atoms with Gasteiger partial charge in [0.15, 0.2) is 0 Å². The first-order valence-electron chi connectivity index (χ1n) is 7.53. The van der Waals surface area contributed by atoms with Crippen molar-refractivity contribution in [2.75, 3.05) is 0 Å². The SMILES string of the molecule is Fc1ccc2c(c1)-c1ccc3cc4ccccc4cc3c1C2. The van der Waals surface area contributed by atoms with Gasteiger partial charge in [-0.05, 0) is 74.5 Å². The molecule has 0 saturated carbocycles. The molecule has 0 N–H and O–H groups in total. The molecule has 1 heteroatoms. The third-order valence-electron chi connectivity index (χ3n) is 4.73. The van der Waals surface area contributed by atoms with Crippen molar-refractivity contribution >= 4 is 21.5 Å². The van der Waals surface area contributed by atoms with Crippen LogP contribution in [0.15, 0.2) is 66.7 Å². The summed E-state index contributed by atoms with van der Waals surface area (Å²) in [7, 11) is 0. The lowest BCUT2D eigenvalue weighted by atomic mass is 9.96. The van der Waals surface area contributed by atoms with E-state index in [0.717, 1.165) is 12.0 Å². The van der Waals surface area contributed by atoms with E-state index in [-0.39, 0.29) is 5.82 Å². The van der Waals surface area contributed by atoms with E-state index in [1.54, 1.807) is 12.1 Å². The molecule has 0 atom stereocenters. The van der Waals surface area contributed by atoms with Crippen LogP contribution in [0.4, 0.5) is 4.39 Å². The monoisotopic (exact) mass is 284 g/mol. The van der Waals surface area contributed by atoms with E-state index < -0.39 is 0 Å². The van der Waals surface area contributed by atoms with Crippen LogP contribution in [-0.2, 0) is 6.42 Å². The van der Waals surface area contributed by atoms with Crippen molar-refractivity contribution in [2.24, 2.45) is 0 Å². The van der Waals surface area contributed by atoms with Gasteiger partial charge in [-0.3, -0.25) is 0 Å². The van der Waals surface area contributed by atoms with Gasteiger partial charge >= 0.3 is 0 Å². The minimum Gasteiger partial charge on any atom is -0.207 e. The molecule has 1 aliphatic rings. The lowest BCUT2D eigenvalue weighted by Gasteiger charge is -2.08. The highest BCUT2D eigenvalue weighted by molar-refractivity contribution is 6.03. The summed E-state index contributed by atoms with van der Waals surface area (Å²) in [6.45, 7) is 0. The van der Waals surface area contributed by atoms with Crippen LogP contribution in [0.3, 0.4) is 0 Å². The Hall–Kier alpha value is -2.67. The second-order valence-electron chi connectivity index (χ2n) is 5.99. The Morgan fingerprint density at radius 2 is 1.50 bits per heavy atom. The predicted molar refractivity (Wildman–Crippen MR) is 89.7 cm³/mol. The molecule has 4 aromatic carbocycles. The van der Waals surface area contributed by atoms with Crippen LogP contribution in [-0.4, -0.2) is 0 Å². The first kappa shape index (κ1) is 11.9. The van der Waals surface area contributed by atoms with E-state index in [1.165, 1.54) is 38.2 Å². The first-order valence-corrected chi connectivity index (χ1v) is 7.53. The van der Waals surface area contributed by atoms with Crippen molar-refractivity contribution in [3.63, 3.8) is 0 Å². The highest BCUT2D eigenvalue weighted by Gasteiger charge is 2.21. The molecule has 0 unspecified atom stereocenters. The lowest BCUT2D eigenvalue weighted by Crippen LogP contribution is -1.85. The van der Waals surface area contributed by atoms with Gasteiger partial charge in [-0.15, -0.1) is 0 Å². The zero-order valence-corrected chi connectivity index (χ0v) is 11.9. The molecule has 0 saturated heterocycles. The molecule has 0 radical (unpaired) electrons. The van der Waals surface area contributed by atoms with Crippen LogP contribution < -0.4 is 0 Å². The fourth-order valence-electron chi connectivity index (χ4n) is 3.66. The molecular weight excluding hydrogens is 271 g/mol. The second-order valence-corrected chi connectivity index (χ2v) is 5.99. The van der Waals surface area contributed by atoms with Crippen molar-refractivity contribution < 1.29 is 4.39 Å². The quantitative estimate of drug-likeness (QED) is 0.320. The van der Waals surface area contributed by atoms with E-state index in [2.05, 4.69) is 48.5 Å². The number of halogens is 1. The van der Waals surface area contributed by atoms with Gasteiger partial charge in [0.1, 0.15) is 5.82 Å². The van der Waals surface area contributed by atoms with E-state index >= 15 is 0 Å². The topological polar surface area (TPSA) is 0 Å². The summed E-state index contributed by atoms with van der Waals surface area (Å²) in [5.74, 6) is -0.162. The molecule has 0 spiro atoms. The fourth-order valence-corrected chi connectivity index (χ4v) is 3.66. The molecule has 0 amide bonds. The van der Waals surface area contributed by atoms with Gasteiger partial charge in [-0.1, -0.05) is 42.5 Å². The average molecular weight is 284 g/mol. The Labute approximate surface area is 127 Å². The molecule has 0 heterocycles. The fraction of sp³-hybridized carbons (Fsp3) is 0.0476. The Balaban J connectivity index is 1.87. The molecule has 0 nitrogen and oxygen atoms in total. The highest BCUT2D eigenvalue weighted by Crippen LogP contribution is 2.41. The third kappa shape index (κ3) is 1.57. The molecule has 104 valence electrons. The van der Waals surface area contributed by atoms with Crippen LogP contribution in [0.25, 0.3) is 32.7 Å². The van der Waals surface area contributed by atoms with Gasteiger partial charge in [0.2, 0.25) is 0 Å². The molecule has 0 aromatic heterocycles. The molecule has 0 aliphatic heterocycles. The van der Waals surface area contributed by atoms with E-state index in [4.69, 9.17) is 0 Å². The van der Waals surface area contributed by atoms with Gasteiger partial charge in [0.25, 0.3) is 0 Å². The number of hydrogen-bond acceptors (Lipinski definition) is 0. The number of benzene rings is 4. The third-order valence-corrected chi connectivity index (χ3v) is 4.73. The standard InChI is InChI=1S/C21H13F/c22-17-7-5-16-11-21-18(20(16)12-17)8-6-15-9-13-3-1-2-4-14(13)10-19(15)21/h1-10,12H,11H2. The molecule has 0 fully saturated rings. The summed E-state index contributed by atoms with van der Waals surface area (Å²) in [6, 6.07) is 22.4. The summed E-state index contributed by atoms with van der Waals surface area (Å²) in [5.41, 5.74) is 4.77. The molecule has 5 rings (SSSR count). The minimum absolute atomic E-state index is 0.162. The summed E-state index contributed by atoms with van der Waals surface area (Å²) >= 11 is 0. The summed E-state index contributed by atoms with van der Waals surface area (Å²) in [4.78, 5) is 0. The summed E-state index contributed by atoms with van der Waals surface area (Å²) < 4.78 is 13.6. The highest BCUT2D eigenvalue weighted by atomic mass is 19.1. The Bertz CT molecular complexity index is 1060. The second kappa shape index (κ2) is 4.17. The zero-order valence-electron chi connectivity index (χ0n) is 11.9. The van der Waals surface area contributed by atoms with Gasteiger partial charge in [0, 0.05) is 0 Å². The summed E-state index contributed by atoms with van der Waals surface area (Å²) in [6.07, 6.45) is 0.890. The lowest BCUT2D eigenvalue weighted by molar-refractivity contribution is 0.628. The maximum absolute atomic E-state index is 13.6. The minimum atomic E-state index is -0.162. The van der Waals surface area contributed by atoms with Crippen LogP contribution in [0.2, 0.25) is 0 Å². The van der Waals surface area contributed by atoms with Gasteiger partial charge < -0.3 is 0 Å². The Kier molecular flexibility index (Phi) is 2.26. The van der Waals surface area contributed by atoms with Crippen molar-refractivity contribution in [1.29, 1.82) is 0 Å². The normalized spacial score (nSPS) is 12.6. The number of fused-ring (bicyclic) bond motifs is 6. The number of hydrogen-bond donors (Lipinski definition) is 0. The molecule has 0 bridgehead atoms. The maximum Gasteiger partial charge on any atom is 0.123 e. The van der Waals surface area contributed by atoms with E-state index in [1.807, 2.05) is 6.07 Å². The molecule has 22 heavy (non-hydrogen) atoms. The zero-order chi connectivity index (χ0) is 14.7. The van der Waals surface area contributed by atoms with Crippen molar-refractivity contribution in [3.8, 4) is 11.1 Å². The molecule has 4 aromatic rings. The predicted octanol–water partition coefficient (Wildman–Crippen LogP) is 5.70. The van der Waals surface area contributed by atoms with Crippen LogP contribution in [0, 0.1) is 5.82 Å². The molecule has 1 aliphatic carbocycles. The van der Waals surface area contributed by atoms with Crippen molar-refractivity contribution in [1.82, 2.24) is 0 Å². The summed E-state index contributed by atoms with van der Waals surface area (Å²) in [5, 5.41) is 5.06. The van der Waals surface area contributed by atoms with Gasteiger partial charge in [-0.25, -0.2) is 4.39 Å². The number of rotatable bonds is 0. The average Bonchev–Trinajstić information content (AvgIpc) is 2.91. The van der Waals surface area contributed by atoms with Crippen LogP contribution in [0.1, 0.15) is 11.1 Å². The Morgan fingerprint density at radius 1 is 0.682 bits per heavy atom. The van der Waals surface area contributed by atoms with Crippen molar-refractivity contribution in [3.05, 3.63) is 83.7 Å². The van der Waals surface area contributed by atoms with E-state index in [0.29, 0.717) is 0 Å². The van der Waals surface area contributed by atoms with Crippen LogP contribution >= 0.6 is 0 Å². The van der Waals surface area contributed by atoms with Crippen molar-refractivity contribution in [2.45, 2.75) is 6.42 Å². The van der Waals surface area contributed by atoms with Gasteiger partial charge in [0.05, 0.1) is 0 Å². The molecular formula is C21H13F. The smallest absolute Gasteiger partial charge is 0.123 e. The van der Waals surface area contributed by atoms with E-state index in [9.17, 15) is 4.39 Å². The maximum atomic E-state index is 13.6.